The minimum absolute atomic E-state index is 0.0130. The number of rotatable bonds is 5. The molecule has 0 aromatic heterocycles. The largest absolute Gasteiger partial charge is 0.416 e. The molecule has 2 aromatic carbocycles. The monoisotopic (exact) mass is 459 g/mol. The van der Waals surface area contributed by atoms with Crippen LogP contribution in [0.2, 0.25) is 0 Å². The summed E-state index contributed by atoms with van der Waals surface area (Å²) in [7, 11) is 0. The maximum Gasteiger partial charge on any atom is 0.416 e. The van der Waals surface area contributed by atoms with Crippen LogP contribution in [0.5, 0.6) is 0 Å². The minimum Gasteiger partial charge on any atom is -0.340 e. The molecule has 1 N–H and O–H groups in total. The number of hydrogen-bond acceptors (Lipinski definition) is 3. The van der Waals surface area contributed by atoms with Gasteiger partial charge in [-0.3, -0.25) is 14.5 Å². The number of carbonyl (C=O) groups is 2. The van der Waals surface area contributed by atoms with Crippen LogP contribution in [0.25, 0.3) is 0 Å². The second-order valence-electron chi connectivity index (χ2n) is 8.98. The van der Waals surface area contributed by atoms with Gasteiger partial charge < -0.3 is 10.2 Å². The van der Waals surface area contributed by atoms with Crippen LogP contribution in [0.3, 0.4) is 0 Å². The third-order valence-corrected chi connectivity index (χ3v) is 6.57. The van der Waals surface area contributed by atoms with Gasteiger partial charge in [-0.25, -0.2) is 0 Å². The van der Waals surface area contributed by atoms with Gasteiger partial charge in [-0.2, -0.15) is 13.2 Å². The van der Waals surface area contributed by atoms with Crippen molar-refractivity contribution in [1.29, 1.82) is 0 Å². The fourth-order valence-corrected chi connectivity index (χ4v) is 4.51. The molecule has 1 heterocycles. The topological polar surface area (TPSA) is 52.7 Å². The lowest BCUT2D eigenvalue weighted by molar-refractivity contribution is -0.137. The molecule has 1 aliphatic carbocycles. The molecule has 0 spiro atoms. The molecule has 8 heteroatoms. The number of para-hydroxylation sites is 1. The summed E-state index contributed by atoms with van der Waals surface area (Å²) in [6.07, 6.45) is -3.69. The summed E-state index contributed by atoms with van der Waals surface area (Å²) in [4.78, 5) is 29.2. The lowest BCUT2D eigenvalue weighted by Crippen LogP contribution is -2.51. The van der Waals surface area contributed by atoms with E-state index in [9.17, 15) is 22.8 Å². The van der Waals surface area contributed by atoms with E-state index >= 15 is 0 Å². The first kappa shape index (κ1) is 23.3. The van der Waals surface area contributed by atoms with Gasteiger partial charge in [0.1, 0.15) is 0 Å². The first-order chi connectivity index (χ1) is 15.6. The van der Waals surface area contributed by atoms with Crippen molar-refractivity contribution in [1.82, 2.24) is 9.80 Å². The SMILES string of the molecule is Cc1cccc(C)c1NC(=O)CN1CCN(C(=O)C2CC2c2ccc(C(F)(F)F)cc2)CC1. The highest BCUT2D eigenvalue weighted by Crippen LogP contribution is 2.49. The highest BCUT2D eigenvalue weighted by atomic mass is 19.4. The van der Waals surface area contributed by atoms with Gasteiger partial charge >= 0.3 is 6.18 Å². The third kappa shape index (κ3) is 5.38. The molecule has 1 saturated heterocycles. The molecular weight excluding hydrogens is 431 g/mol. The molecule has 2 aliphatic rings. The van der Waals surface area contributed by atoms with Crippen LogP contribution in [-0.4, -0.2) is 54.3 Å². The molecule has 1 aliphatic heterocycles. The van der Waals surface area contributed by atoms with E-state index in [0.29, 0.717) is 32.6 Å². The van der Waals surface area contributed by atoms with Crippen LogP contribution in [0.15, 0.2) is 42.5 Å². The Morgan fingerprint density at radius 1 is 0.970 bits per heavy atom. The van der Waals surface area contributed by atoms with Gasteiger partial charge in [-0.1, -0.05) is 30.3 Å². The predicted octanol–water partition coefficient (Wildman–Crippen LogP) is 4.21. The molecule has 5 nitrogen and oxygen atoms in total. The van der Waals surface area contributed by atoms with Crippen LogP contribution in [0.4, 0.5) is 18.9 Å². The fourth-order valence-electron chi connectivity index (χ4n) is 4.51. The summed E-state index contributed by atoms with van der Waals surface area (Å²) >= 11 is 0. The van der Waals surface area contributed by atoms with Crippen molar-refractivity contribution in [2.45, 2.75) is 32.4 Å². The zero-order chi connectivity index (χ0) is 23.8. The molecular formula is C25H28F3N3O2. The molecule has 2 unspecified atom stereocenters. The maximum absolute atomic E-state index is 12.9. The van der Waals surface area contributed by atoms with Crippen LogP contribution >= 0.6 is 0 Å². The number of benzene rings is 2. The molecule has 1 saturated carbocycles. The number of piperazine rings is 1. The first-order valence-electron chi connectivity index (χ1n) is 11.2. The molecule has 33 heavy (non-hydrogen) atoms. The third-order valence-electron chi connectivity index (χ3n) is 6.57. The van der Waals surface area contributed by atoms with E-state index in [1.807, 2.05) is 41.8 Å². The van der Waals surface area contributed by atoms with E-state index in [2.05, 4.69) is 5.32 Å². The number of alkyl halides is 3. The Balaban J connectivity index is 1.25. The Bertz CT molecular complexity index is 1010. The first-order valence-corrected chi connectivity index (χ1v) is 11.2. The standard InChI is InChI=1S/C25H28F3N3O2/c1-16-4-3-5-17(2)23(16)29-22(32)15-30-10-12-31(13-11-30)24(33)21-14-20(21)18-6-8-19(9-7-18)25(26,27)28/h3-9,20-21H,10-15H2,1-2H3,(H,29,32). The van der Waals surface area contributed by atoms with Crippen molar-refractivity contribution in [3.05, 3.63) is 64.7 Å². The van der Waals surface area contributed by atoms with Crippen LogP contribution in [0, 0.1) is 19.8 Å². The van der Waals surface area contributed by atoms with Crippen molar-refractivity contribution in [3.63, 3.8) is 0 Å². The summed E-state index contributed by atoms with van der Waals surface area (Å²) < 4.78 is 38.2. The Hall–Kier alpha value is -2.87. The van der Waals surface area contributed by atoms with Crippen molar-refractivity contribution < 1.29 is 22.8 Å². The van der Waals surface area contributed by atoms with E-state index in [-0.39, 0.29) is 30.2 Å². The second kappa shape index (κ2) is 9.17. The van der Waals surface area contributed by atoms with Crippen molar-refractivity contribution in [2.75, 3.05) is 38.0 Å². The number of halogens is 3. The predicted molar refractivity (Wildman–Crippen MR) is 120 cm³/mol. The van der Waals surface area contributed by atoms with E-state index < -0.39 is 11.7 Å². The molecule has 2 aromatic rings. The Kier molecular flexibility index (Phi) is 6.47. The lowest BCUT2D eigenvalue weighted by Gasteiger charge is -2.34. The van der Waals surface area contributed by atoms with E-state index in [0.717, 1.165) is 34.5 Å². The van der Waals surface area contributed by atoms with Crippen molar-refractivity contribution >= 4 is 17.5 Å². The fraction of sp³-hybridized carbons (Fsp3) is 0.440. The van der Waals surface area contributed by atoms with E-state index in [4.69, 9.17) is 0 Å². The number of aryl methyl sites for hydroxylation is 2. The Morgan fingerprint density at radius 2 is 1.58 bits per heavy atom. The zero-order valence-electron chi connectivity index (χ0n) is 18.8. The highest BCUT2D eigenvalue weighted by molar-refractivity contribution is 5.93. The average Bonchev–Trinajstić information content (AvgIpc) is 3.57. The second-order valence-corrected chi connectivity index (χ2v) is 8.98. The smallest absolute Gasteiger partial charge is 0.340 e. The zero-order valence-corrected chi connectivity index (χ0v) is 18.8. The molecule has 2 atom stereocenters. The Labute approximate surface area is 191 Å². The summed E-state index contributed by atoms with van der Waals surface area (Å²) in [6, 6.07) is 11.0. The molecule has 4 rings (SSSR count). The van der Waals surface area contributed by atoms with E-state index in [1.165, 1.54) is 12.1 Å². The number of carbonyl (C=O) groups excluding carboxylic acids is 2. The lowest BCUT2D eigenvalue weighted by atomic mass is 10.1. The average molecular weight is 460 g/mol. The molecule has 2 fully saturated rings. The number of nitrogens with one attached hydrogen (secondary N) is 1. The molecule has 2 amide bonds. The highest BCUT2D eigenvalue weighted by Gasteiger charge is 2.46. The van der Waals surface area contributed by atoms with Gasteiger partial charge in [0.15, 0.2) is 0 Å². The van der Waals surface area contributed by atoms with Crippen LogP contribution in [-0.2, 0) is 15.8 Å². The minimum atomic E-state index is -4.35. The Morgan fingerprint density at radius 3 is 2.15 bits per heavy atom. The molecule has 0 bridgehead atoms. The number of amides is 2. The van der Waals surface area contributed by atoms with Gasteiger partial charge in [0.05, 0.1) is 12.1 Å². The summed E-state index contributed by atoms with van der Waals surface area (Å²) in [5.74, 6) is -0.196. The number of nitrogens with zero attached hydrogens (tertiary/aromatic N) is 2. The summed E-state index contributed by atoms with van der Waals surface area (Å²) in [6.45, 7) is 6.52. The summed E-state index contributed by atoms with van der Waals surface area (Å²) in [5.41, 5.74) is 2.99. The van der Waals surface area contributed by atoms with Gasteiger partial charge in [-0.15, -0.1) is 0 Å². The van der Waals surface area contributed by atoms with E-state index in [1.54, 1.807) is 0 Å². The molecule has 0 radical (unpaired) electrons. The van der Waals surface area contributed by atoms with Crippen molar-refractivity contribution in [3.8, 4) is 0 Å². The van der Waals surface area contributed by atoms with Gasteiger partial charge in [0.25, 0.3) is 0 Å². The number of anilines is 1. The quantitative estimate of drug-likeness (QED) is 0.729. The van der Waals surface area contributed by atoms with Gasteiger partial charge in [-0.05, 0) is 55.0 Å². The molecule has 176 valence electrons. The van der Waals surface area contributed by atoms with Crippen LogP contribution in [0.1, 0.15) is 34.6 Å². The maximum atomic E-state index is 12.9. The summed E-state index contributed by atoms with van der Waals surface area (Å²) in [5, 5.41) is 2.99. The van der Waals surface area contributed by atoms with Crippen molar-refractivity contribution in [2.24, 2.45) is 5.92 Å². The van der Waals surface area contributed by atoms with Crippen LogP contribution < -0.4 is 5.32 Å². The normalized spacial score (nSPS) is 21.1. The number of hydrogen-bond donors (Lipinski definition) is 1. The van der Waals surface area contributed by atoms with Gasteiger partial charge in [0.2, 0.25) is 11.8 Å². The van der Waals surface area contributed by atoms with Gasteiger partial charge in [0, 0.05) is 37.8 Å².